The second kappa shape index (κ2) is 8.74. The number of nitrogens with one attached hydrogen (secondary N) is 1. The van der Waals surface area contributed by atoms with Gasteiger partial charge in [-0.1, -0.05) is 18.2 Å². The van der Waals surface area contributed by atoms with E-state index >= 15 is 0 Å². The van der Waals surface area contributed by atoms with E-state index in [2.05, 4.69) is 25.4 Å². The molecule has 1 aliphatic rings. The topological polar surface area (TPSA) is 115 Å². The van der Waals surface area contributed by atoms with Gasteiger partial charge in [0.15, 0.2) is 11.6 Å². The molecule has 31 heavy (non-hydrogen) atoms. The highest BCUT2D eigenvalue weighted by Crippen LogP contribution is 2.27. The molecule has 0 aliphatic carbocycles. The second-order valence-electron chi connectivity index (χ2n) is 6.96. The van der Waals surface area contributed by atoms with E-state index in [0.717, 1.165) is 11.1 Å². The summed E-state index contributed by atoms with van der Waals surface area (Å²) in [6.45, 7) is 0.431. The predicted molar refractivity (Wildman–Crippen MR) is 113 cm³/mol. The first-order chi connectivity index (χ1) is 15.0. The molecule has 0 spiro atoms. The number of pyridine rings is 1. The maximum atomic E-state index is 12.7. The van der Waals surface area contributed by atoms with E-state index < -0.39 is 11.9 Å². The van der Waals surface area contributed by atoms with Crippen molar-refractivity contribution >= 4 is 23.8 Å². The van der Waals surface area contributed by atoms with Crippen molar-refractivity contribution in [1.82, 2.24) is 25.1 Å². The zero-order valence-electron chi connectivity index (χ0n) is 17.1. The number of ether oxygens (including phenoxy) is 1. The summed E-state index contributed by atoms with van der Waals surface area (Å²) in [5, 5.41) is 6.89. The van der Waals surface area contributed by atoms with Gasteiger partial charge in [0, 0.05) is 26.5 Å². The summed E-state index contributed by atoms with van der Waals surface area (Å²) in [7, 11) is 3.30. The molecule has 0 saturated heterocycles. The number of fused-ring (bicyclic) bond motifs is 1. The molecule has 1 atom stereocenters. The standard InChI is InChI=1S/C21H21N7O3/c1-22-10-14-5-3-6-15(9-14)11-28-13-24-18(26-28)20(29)25-16-12-31-17-7-4-8-23-19(17)27(2)21(16)30/h3-10,13,16H,11-12H2,1-2H3,(H,25,29)/b22-10-/t16-/m0/s1. The molecule has 10 heteroatoms. The van der Waals surface area contributed by atoms with Gasteiger partial charge in [0.2, 0.25) is 5.82 Å². The normalized spacial score (nSPS) is 16.0. The summed E-state index contributed by atoms with van der Waals surface area (Å²) in [5.41, 5.74) is 1.97. The van der Waals surface area contributed by atoms with Crippen molar-refractivity contribution in [2.45, 2.75) is 12.6 Å². The van der Waals surface area contributed by atoms with Crippen LogP contribution in [0.5, 0.6) is 5.75 Å². The molecule has 2 amide bonds. The molecule has 0 fully saturated rings. The Bertz CT molecular complexity index is 1140. The first kappa shape index (κ1) is 20.2. The number of carbonyl (C=O) groups excluding carboxylic acids is 2. The third-order valence-electron chi connectivity index (χ3n) is 4.72. The summed E-state index contributed by atoms with van der Waals surface area (Å²) in [6, 6.07) is 10.4. The summed E-state index contributed by atoms with van der Waals surface area (Å²) in [4.78, 5) is 39.0. The van der Waals surface area contributed by atoms with Gasteiger partial charge in [0.05, 0.1) is 6.54 Å². The fourth-order valence-corrected chi connectivity index (χ4v) is 3.24. The quantitative estimate of drug-likeness (QED) is 0.615. The van der Waals surface area contributed by atoms with Crippen molar-refractivity contribution in [2.24, 2.45) is 4.99 Å². The zero-order valence-corrected chi connectivity index (χ0v) is 17.1. The van der Waals surface area contributed by atoms with Crippen LogP contribution in [0.15, 0.2) is 53.9 Å². The molecular formula is C21H21N7O3. The molecule has 2 aromatic heterocycles. The highest BCUT2D eigenvalue weighted by Gasteiger charge is 2.32. The lowest BCUT2D eigenvalue weighted by atomic mass is 10.1. The smallest absolute Gasteiger partial charge is 0.291 e. The number of hydrogen-bond donors (Lipinski definition) is 1. The minimum atomic E-state index is -0.885. The van der Waals surface area contributed by atoms with Crippen LogP contribution < -0.4 is 15.0 Å². The van der Waals surface area contributed by atoms with E-state index in [0.29, 0.717) is 18.1 Å². The Morgan fingerprint density at radius 3 is 3.03 bits per heavy atom. The minimum absolute atomic E-state index is 0.0138. The van der Waals surface area contributed by atoms with Gasteiger partial charge < -0.3 is 10.1 Å². The minimum Gasteiger partial charge on any atom is -0.487 e. The van der Waals surface area contributed by atoms with Crippen LogP contribution in [0.4, 0.5) is 5.82 Å². The average Bonchev–Trinajstić information content (AvgIpc) is 3.20. The van der Waals surface area contributed by atoms with Gasteiger partial charge in [-0.25, -0.2) is 14.6 Å². The van der Waals surface area contributed by atoms with E-state index in [-0.39, 0.29) is 18.3 Å². The van der Waals surface area contributed by atoms with Crippen LogP contribution in [-0.4, -0.2) is 64.5 Å². The first-order valence-electron chi connectivity index (χ1n) is 9.62. The molecule has 1 aromatic carbocycles. The zero-order chi connectivity index (χ0) is 21.8. The average molecular weight is 419 g/mol. The lowest BCUT2D eigenvalue weighted by Gasteiger charge is -2.18. The number of aliphatic imine (C=N–C) groups is 1. The first-order valence-corrected chi connectivity index (χ1v) is 9.62. The van der Waals surface area contributed by atoms with Crippen LogP contribution in [0.3, 0.4) is 0 Å². The third kappa shape index (κ3) is 4.42. The van der Waals surface area contributed by atoms with E-state index in [4.69, 9.17) is 4.74 Å². The number of rotatable bonds is 5. The molecule has 4 rings (SSSR count). The Balaban J connectivity index is 1.43. The molecular weight excluding hydrogens is 398 g/mol. The van der Waals surface area contributed by atoms with Crippen molar-refractivity contribution in [3.05, 3.63) is 65.9 Å². The number of amides is 2. The summed E-state index contributed by atoms with van der Waals surface area (Å²) < 4.78 is 7.22. The molecule has 158 valence electrons. The number of carbonyl (C=O) groups is 2. The van der Waals surface area contributed by atoms with Gasteiger partial charge in [0.1, 0.15) is 19.0 Å². The number of hydrogen-bond acceptors (Lipinski definition) is 7. The number of benzene rings is 1. The van der Waals surface area contributed by atoms with Crippen LogP contribution in [0.2, 0.25) is 0 Å². The van der Waals surface area contributed by atoms with Crippen LogP contribution in [0, 0.1) is 0 Å². The van der Waals surface area contributed by atoms with Crippen molar-refractivity contribution in [1.29, 1.82) is 0 Å². The molecule has 0 bridgehead atoms. The van der Waals surface area contributed by atoms with Crippen molar-refractivity contribution in [3.63, 3.8) is 0 Å². The number of aromatic nitrogens is 4. The Morgan fingerprint density at radius 2 is 2.19 bits per heavy atom. The maximum absolute atomic E-state index is 12.7. The number of anilines is 1. The van der Waals surface area contributed by atoms with Crippen LogP contribution in [0.25, 0.3) is 0 Å². The highest BCUT2D eigenvalue weighted by atomic mass is 16.5. The Labute approximate surface area is 178 Å². The molecule has 10 nitrogen and oxygen atoms in total. The number of nitrogens with zero attached hydrogens (tertiary/aromatic N) is 6. The van der Waals surface area contributed by atoms with E-state index in [1.807, 2.05) is 24.3 Å². The molecule has 0 radical (unpaired) electrons. The molecule has 3 aromatic rings. The maximum Gasteiger partial charge on any atom is 0.291 e. The van der Waals surface area contributed by atoms with E-state index in [1.165, 1.54) is 11.2 Å². The Kier molecular flexibility index (Phi) is 5.69. The summed E-state index contributed by atoms with van der Waals surface area (Å²) in [5.74, 6) is -0.0315. The van der Waals surface area contributed by atoms with Gasteiger partial charge in [-0.2, -0.15) is 0 Å². The molecule has 0 unspecified atom stereocenters. The van der Waals surface area contributed by atoms with Crippen LogP contribution >= 0.6 is 0 Å². The van der Waals surface area contributed by atoms with Gasteiger partial charge in [-0.05, 0) is 29.3 Å². The monoisotopic (exact) mass is 419 g/mol. The van der Waals surface area contributed by atoms with Gasteiger partial charge in [-0.3, -0.25) is 19.5 Å². The van der Waals surface area contributed by atoms with Crippen molar-refractivity contribution in [2.75, 3.05) is 25.6 Å². The van der Waals surface area contributed by atoms with E-state index in [1.54, 1.807) is 43.3 Å². The lowest BCUT2D eigenvalue weighted by Crippen LogP contribution is -2.49. The van der Waals surface area contributed by atoms with Gasteiger partial charge in [-0.15, -0.1) is 5.10 Å². The third-order valence-corrected chi connectivity index (χ3v) is 4.72. The largest absolute Gasteiger partial charge is 0.487 e. The molecule has 1 N–H and O–H groups in total. The fraction of sp³-hybridized carbons (Fsp3) is 0.238. The Morgan fingerprint density at radius 1 is 1.32 bits per heavy atom. The van der Waals surface area contributed by atoms with Crippen molar-refractivity contribution < 1.29 is 14.3 Å². The van der Waals surface area contributed by atoms with Crippen LogP contribution in [0.1, 0.15) is 21.7 Å². The van der Waals surface area contributed by atoms with Crippen LogP contribution in [-0.2, 0) is 11.3 Å². The molecule has 1 aliphatic heterocycles. The second-order valence-corrected chi connectivity index (χ2v) is 6.96. The highest BCUT2D eigenvalue weighted by molar-refractivity contribution is 6.01. The summed E-state index contributed by atoms with van der Waals surface area (Å²) in [6.07, 6.45) is 4.82. The molecule has 0 saturated carbocycles. The van der Waals surface area contributed by atoms with Gasteiger partial charge in [0.25, 0.3) is 11.8 Å². The summed E-state index contributed by atoms with van der Waals surface area (Å²) >= 11 is 0. The fourth-order valence-electron chi connectivity index (χ4n) is 3.24. The van der Waals surface area contributed by atoms with Crippen molar-refractivity contribution in [3.8, 4) is 5.75 Å². The SMILES string of the molecule is C/N=C\c1cccc(Cn2cnc(C(=O)N[C@H]3COc4cccnc4N(C)C3=O)n2)c1. The van der Waals surface area contributed by atoms with Gasteiger partial charge >= 0.3 is 0 Å². The molecule has 3 heterocycles. The lowest BCUT2D eigenvalue weighted by molar-refractivity contribution is -0.120. The number of likely N-dealkylation sites (N-methyl/N-ethyl adjacent to an activating group) is 1. The predicted octanol–water partition coefficient (Wildman–Crippen LogP) is 0.924. The van der Waals surface area contributed by atoms with E-state index in [9.17, 15) is 9.59 Å². The Hall–Kier alpha value is -4.08.